The molecule has 0 aliphatic rings. The van der Waals surface area contributed by atoms with Gasteiger partial charge in [-0.15, -0.1) is 11.8 Å². The van der Waals surface area contributed by atoms with E-state index in [2.05, 4.69) is 24.4 Å². The highest BCUT2D eigenvalue weighted by Crippen LogP contribution is 2.19. The second-order valence-corrected chi connectivity index (χ2v) is 8.85. The van der Waals surface area contributed by atoms with Gasteiger partial charge >= 0.3 is 0 Å². The molecule has 162 valence electrons. The maximum absolute atomic E-state index is 13.2. The molecule has 0 fully saturated rings. The number of hydrogen-bond acceptors (Lipinski definition) is 3. The van der Waals surface area contributed by atoms with Gasteiger partial charge in [0.1, 0.15) is 6.04 Å². The molecule has 2 aromatic rings. The Morgan fingerprint density at radius 2 is 1.53 bits per heavy atom. The maximum Gasteiger partial charge on any atom is 0.242 e. The van der Waals surface area contributed by atoms with Gasteiger partial charge in [-0.25, -0.2) is 0 Å². The molecular weight excluding hydrogens is 392 g/mol. The Labute approximate surface area is 185 Å². The summed E-state index contributed by atoms with van der Waals surface area (Å²) in [6.45, 7) is 10.4. The molecule has 30 heavy (non-hydrogen) atoms. The highest BCUT2D eigenvalue weighted by molar-refractivity contribution is 7.99. The van der Waals surface area contributed by atoms with Crippen LogP contribution in [0.4, 0.5) is 0 Å². The first-order valence-electron chi connectivity index (χ1n) is 10.6. The standard InChI is InChI=1S/C25H34N2O2S/c1-6-20(4)26-25(29)21(5)27(15-22-13-9-7-11-18(22)2)24(28)17-30-16-23-14-10-8-12-19(23)3/h7-14,20-21H,6,15-17H2,1-5H3,(H,26,29). The summed E-state index contributed by atoms with van der Waals surface area (Å²) in [6, 6.07) is 15.8. The number of aryl methyl sites for hydroxylation is 2. The second-order valence-electron chi connectivity index (χ2n) is 7.86. The van der Waals surface area contributed by atoms with E-state index < -0.39 is 6.04 Å². The molecule has 2 unspecified atom stereocenters. The number of rotatable bonds is 10. The van der Waals surface area contributed by atoms with Crippen molar-refractivity contribution in [2.24, 2.45) is 0 Å². The van der Waals surface area contributed by atoms with Gasteiger partial charge in [-0.2, -0.15) is 0 Å². The van der Waals surface area contributed by atoms with Crippen LogP contribution in [0.5, 0.6) is 0 Å². The summed E-state index contributed by atoms with van der Waals surface area (Å²) in [4.78, 5) is 27.6. The van der Waals surface area contributed by atoms with E-state index in [4.69, 9.17) is 0 Å². The molecule has 0 aliphatic heterocycles. The Morgan fingerprint density at radius 1 is 0.967 bits per heavy atom. The zero-order chi connectivity index (χ0) is 22.1. The molecule has 0 aromatic heterocycles. The molecule has 0 radical (unpaired) electrons. The SMILES string of the molecule is CCC(C)NC(=O)C(C)N(Cc1ccccc1C)C(=O)CSCc1ccccc1C. The number of nitrogens with one attached hydrogen (secondary N) is 1. The minimum atomic E-state index is -0.523. The van der Waals surface area contributed by atoms with E-state index in [1.165, 1.54) is 11.1 Å². The van der Waals surface area contributed by atoms with Crippen LogP contribution in [-0.4, -0.2) is 34.6 Å². The third kappa shape index (κ3) is 6.91. The van der Waals surface area contributed by atoms with Gasteiger partial charge in [0.2, 0.25) is 11.8 Å². The van der Waals surface area contributed by atoms with Gasteiger partial charge in [0, 0.05) is 18.3 Å². The summed E-state index contributed by atoms with van der Waals surface area (Å²) in [5, 5.41) is 3.01. The number of amides is 2. The molecule has 0 aliphatic carbocycles. The van der Waals surface area contributed by atoms with Gasteiger partial charge in [-0.1, -0.05) is 55.5 Å². The van der Waals surface area contributed by atoms with Gasteiger partial charge in [0.05, 0.1) is 5.75 Å². The zero-order valence-corrected chi connectivity index (χ0v) is 19.6. The van der Waals surface area contributed by atoms with Gasteiger partial charge < -0.3 is 10.2 Å². The van der Waals surface area contributed by atoms with Crippen LogP contribution in [0, 0.1) is 13.8 Å². The third-order valence-corrected chi connectivity index (χ3v) is 6.48. The molecule has 1 N–H and O–H groups in total. The highest BCUT2D eigenvalue weighted by atomic mass is 32.2. The Bertz CT molecular complexity index is 853. The lowest BCUT2D eigenvalue weighted by Crippen LogP contribution is -2.50. The zero-order valence-electron chi connectivity index (χ0n) is 18.8. The number of nitrogens with zero attached hydrogens (tertiary/aromatic N) is 1. The molecule has 0 heterocycles. The fraction of sp³-hybridized carbons (Fsp3) is 0.440. The summed E-state index contributed by atoms with van der Waals surface area (Å²) >= 11 is 1.60. The average Bonchev–Trinajstić information content (AvgIpc) is 2.73. The van der Waals surface area contributed by atoms with Gasteiger partial charge in [-0.3, -0.25) is 9.59 Å². The Balaban J connectivity index is 2.10. The predicted octanol–water partition coefficient (Wildman–Crippen LogP) is 4.87. The number of thioether (sulfide) groups is 1. The largest absolute Gasteiger partial charge is 0.352 e. The fourth-order valence-electron chi connectivity index (χ4n) is 3.12. The molecule has 0 saturated heterocycles. The minimum Gasteiger partial charge on any atom is -0.352 e. The van der Waals surface area contributed by atoms with Crippen molar-refractivity contribution in [3.63, 3.8) is 0 Å². The molecule has 5 heteroatoms. The van der Waals surface area contributed by atoms with E-state index in [-0.39, 0.29) is 17.9 Å². The topological polar surface area (TPSA) is 49.4 Å². The lowest BCUT2D eigenvalue weighted by Gasteiger charge is -2.30. The van der Waals surface area contributed by atoms with E-state index in [0.717, 1.165) is 23.3 Å². The van der Waals surface area contributed by atoms with Crippen LogP contribution in [0.1, 0.15) is 49.4 Å². The second kappa shape index (κ2) is 11.8. The number of carbonyl (C=O) groups excluding carboxylic acids is 2. The summed E-state index contributed by atoms with van der Waals surface area (Å²) in [7, 11) is 0. The van der Waals surface area contributed by atoms with Crippen molar-refractivity contribution in [3.05, 3.63) is 70.8 Å². The van der Waals surface area contributed by atoms with Crippen LogP contribution >= 0.6 is 11.8 Å². The minimum absolute atomic E-state index is 0.0105. The Hall–Kier alpha value is -2.27. The van der Waals surface area contributed by atoms with Crippen LogP contribution in [-0.2, 0) is 21.9 Å². The first-order valence-corrected chi connectivity index (χ1v) is 11.8. The summed E-state index contributed by atoms with van der Waals surface area (Å²) in [5.41, 5.74) is 4.66. The smallest absolute Gasteiger partial charge is 0.242 e. The van der Waals surface area contributed by atoms with Gasteiger partial charge in [0.15, 0.2) is 0 Å². The lowest BCUT2D eigenvalue weighted by molar-refractivity contribution is -0.138. The molecule has 0 bridgehead atoms. The predicted molar refractivity (Wildman–Crippen MR) is 126 cm³/mol. The molecule has 2 aromatic carbocycles. The van der Waals surface area contributed by atoms with E-state index in [1.54, 1.807) is 16.7 Å². The van der Waals surface area contributed by atoms with Crippen molar-refractivity contribution >= 4 is 23.6 Å². The number of hydrogen-bond donors (Lipinski definition) is 1. The first-order chi connectivity index (χ1) is 14.3. The van der Waals surface area contributed by atoms with E-state index in [0.29, 0.717) is 12.3 Å². The first kappa shape index (κ1) is 24.0. The van der Waals surface area contributed by atoms with Crippen LogP contribution in [0.2, 0.25) is 0 Å². The Morgan fingerprint density at radius 3 is 2.10 bits per heavy atom. The molecule has 0 spiro atoms. The molecule has 4 nitrogen and oxygen atoms in total. The summed E-state index contributed by atoms with van der Waals surface area (Å²) in [6.07, 6.45) is 0.858. The average molecular weight is 427 g/mol. The highest BCUT2D eigenvalue weighted by Gasteiger charge is 2.27. The van der Waals surface area contributed by atoms with Crippen LogP contribution in [0.3, 0.4) is 0 Å². The van der Waals surface area contributed by atoms with E-state index >= 15 is 0 Å². The van der Waals surface area contributed by atoms with E-state index in [9.17, 15) is 9.59 Å². The molecule has 2 amide bonds. The van der Waals surface area contributed by atoms with Gasteiger partial charge in [0.25, 0.3) is 0 Å². The summed E-state index contributed by atoms with van der Waals surface area (Å²) < 4.78 is 0. The normalized spacial score (nSPS) is 12.8. The van der Waals surface area contributed by atoms with Crippen LogP contribution in [0.15, 0.2) is 48.5 Å². The van der Waals surface area contributed by atoms with Crippen molar-refractivity contribution in [2.45, 2.75) is 65.4 Å². The number of benzene rings is 2. The van der Waals surface area contributed by atoms with Crippen molar-refractivity contribution in [1.82, 2.24) is 10.2 Å². The van der Waals surface area contributed by atoms with Crippen LogP contribution < -0.4 is 5.32 Å². The van der Waals surface area contributed by atoms with E-state index in [1.807, 2.05) is 64.1 Å². The van der Waals surface area contributed by atoms with Crippen molar-refractivity contribution in [1.29, 1.82) is 0 Å². The van der Waals surface area contributed by atoms with Crippen LogP contribution in [0.25, 0.3) is 0 Å². The quantitative estimate of drug-likeness (QED) is 0.590. The molecule has 2 atom stereocenters. The maximum atomic E-state index is 13.2. The lowest BCUT2D eigenvalue weighted by atomic mass is 10.1. The molecule has 0 saturated carbocycles. The monoisotopic (exact) mass is 426 g/mol. The molecule has 2 rings (SSSR count). The van der Waals surface area contributed by atoms with Gasteiger partial charge in [-0.05, 0) is 56.4 Å². The van der Waals surface area contributed by atoms with Crippen molar-refractivity contribution < 1.29 is 9.59 Å². The molecular formula is C25H34N2O2S. The van der Waals surface area contributed by atoms with Crippen molar-refractivity contribution in [2.75, 3.05) is 5.75 Å². The number of carbonyl (C=O) groups is 2. The fourth-order valence-corrected chi connectivity index (χ4v) is 4.11. The Kier molecular flexibility index (Phi) is 9.44. The summed E-state index contributed by atoms with van der Waals surface area (Å²) in [5.74, 6) is 1.02. The van der Waals surface area contributed by atoms with Crippen molar-refractivity contribution in [3.8, 4) is 0 Å². The third-order valence-electron chi connectivity index (χ3n) is 5.51.